The summed E-state index contributed by atoms with van der Waals surface area (Å²) < 4.78 is 5.02. The summed E-state index contributed by atoms with van der Waals surface area (Å²) in [5.74, 6) is 0.452. The van der Waals surface area contributed by atoms with Gasteiger partial charge < -0.3 is 15.4 Å². The molecule has 5 nitrogen and oxygen atoms in total. The average molecular weight is 288 g/mol. The first-order valence-corrected chi connectivity index (χ1v) is 8.19. The van der Waals surface area contributed by atoms with Crippen LogP contribution in [0, 0.1) is 5.92 Å². The fourth-order valence-electron chi connectivity index (χ4n) is 2.23. The molecule has 1 unspecified atom stereocenters. The fourth-order valence-corrected chi connectivity index (χ4v) is 2.72. The molecular weight excluding hydrogens is 264 g/mol. The Hall–Kier alpha value is -0.750. The van der Waals surface area contributed by atoms with Crippen LogP contribution in [-0.2, 0) is 14.3 Å². The number of carbonyl (C=O) groups excluding carboxylic acids is 2. The Kier molecular flexibility index (Phi) is 7.23. The van der Waals surface area contributed by atoms with Crippen molar-refractivity contribution in [2.24, 2.45) is 11.7 Å². The highest BCUT2D eigenvalue weighted by Crippen LogP contribution is 2.19. The van der Waals surface area contributed by atoms with Crippen LogP contribution in [0.1, 0.15) is 26.2 Å². The molecule has 2 atom stereocenters. The van der Waals surface area contributed by atoms with Crippen LogP contribution in [-0.4, -0.2) is 54.5 Å². The van der Waals surface area contributed by atoms with E-state index in [0.29, 0.717) is 26.1 Å². The molecule has 1 heterocycles. The SMILES string of the molecule is CCOC(=O)C1CCCN(C(=O)[C@H](N)CCSC)C1. The highest BCUT2D eigenvalue weighted by atomic mass is 32.2. The fraction of sp³-hybridized carbons (Fsp3) is 0.846. The lowest BCUT2D eigenvalue weighted by Gasteiger charge is -2.33. The number of nitrogens with zero attached hydrogens (tertiary/aromatic N) is 1. The topological polar surface area (TPSA) is 72.6 Å². The average Bonchev–Trinajstić information content (AvgIpc) is 2.44. The van der Waals surface area contributed by atoms with Crippen molar-refractivity contribution in [3.05, 3.63) is 0 Å². The van der Waals surface area contributed by atoms with Gasteiger partial charge in [-0.05, 0) is 38.2 Å². The summed E-state index contributed by atoms with van der Waals surface area (Å²) in [5.41, 5.74) is 5.89. The number of hydrogen-bond donors (Lipinski definition) is 1. The monoisotopic (exact) mass is 288 g/mol. The number of amides is 1. The molecule has 0 spiro atoms. The second-order valence-corrected chi connectivity index (χ2v) is 5.75. The van der Waals surface area contributed by atoms with Crippen LogP contribution in [0.25, 0.3) is 0 Å². The maximum absolute atomic E-state index is 12.2. The minimum Gasteiger partial charge on any atom is -0.466 e. The van der Waals surface area contributed by atoms with Gasteiger partial charge in [0.25, 0.3) is 0 Å². The Morgan fingerprint density at radius 2 is 2.26 bits per heavy atom. The molecule has 0 aliphatic carbocycles. The van der Waals surface area contributed by atoms with Crippen molar-refractivity contribution in [1.29, 1.82) is 0 Å². The molecule has 1 saturated heterocycles. The Labute approximate surface area is 119 Å². The lowest BCUT2D eigenvalue weighted by atomic mass is 9.97. The maximum atomic E-state index is 12.2. The maximum Gasteiger partial charge on any atom is 0.310 e. The van der Waals surface area contributed by atoms with Crippen LogP contribution in [0.15, 0.2) is 0 Å². The van der Waals surface area contributed by atoms with Gasteiger partial charge in [-0.15, -0.1) is 0 Å². The van der Waals surface area contributed by atoms with Crippen LogP contribution >= 0.6 is 11.8 Å². The van der Waals surface area contributed by atoms with Crippen LogP contribution < -0.4 is 5.73 Å². The zero-order valence-electron chi connectivity index (χ0n) is 11.8. The van der Waals surface area contributed by atoms with Crippen molar-refractivity contribution in [2.75, 3.05) is 31.7 Å². The van der Waals surface area contributed by atoms with Gasteiger partial charge in [-0.25, -0.2) is 0 Å². The van der Waals surface area contributed by atoms with E-state index in [4.69, 9.17) is 10.5 Å². The summed E-state index contributed by atoms with van der Waals surface area (Å²) in [7, 11) is 0. The minimum absolute atomic E-state index is 0.0388. The predicted molar refractivity (Wildman–Crippen MR) is 76.9 cm³/mol. The van der Waals surface area contributed by atoms with E-state index in [2.05, 4.69) is 0 Å². The van der Waals surface area contributed by atoms with Gasteiger partial charge in [-0.3, -0.25) is 9.59 Å². The van der Waals surface area contributed by atoms with Gasteiger partial charge in [0.1, 0.15) is 0 Å². The van der Waals surface area contributed by atoms with E-state index >= 15 is 0 Å². The molecule has 19 heavy (non-hydrogen) atoms. The first-order chi connectivity index (χ1) is 9.10. The quantitative estimate of drug-likeness (QED) is 0.734. The number of esters is 1. The molecule has 0 aromatic carbocycles. The summed E-state index contributed by atoms with van der Waals surface area (Å²) in [6.45, 7) is 3.32. The lowest BCUT2D eigenvalue weighted by molar-refractivity contribution is -0.151. The molecule has 1 amide bonds. The van der Waals surface area contributed by atoms with Crippen molar-refractivity contribution in [3.63, 3.8) is 0 Å². The molecule has 0 saturated carbocycles. The minimum atomic E-state index is -0.451. The van der Waals surface area contributed by atoms with Crippen molar-refractivity contribution >= 4 is 23.6 Å². The molecule has 0 bridgehead atoms. The summed E-state index contributed by atoms with van der Waals surface area (Å²) >= 11 is 1.68. The normalized spacial score (nSPS) is 21.0. The van der Waals surface area contributed by atoms with Crippen LogP contribution in [0.5, 0.6) is 0 Å². The Bertz CT molecular complexity index is 312. The van der Waals surface area contributed by atoms with E-state index in [9.17, 15) is 9.59 Å². The zero-order valence-corrected chi connectivity index (χ0v) is 12.6. The molecule has 110 valence electrons. The van der Waals surface area contributed by atoms with Gasteiger partial charge in [-0.1, -0.05) is 0 Å². The number of thioether (sulfide) groups is 1. The number of nitrogens with two attached hydrogens (primary N) is 1. The number of carbonyl (C=O) groups is 2. The van der Waals surface area contributed by atoms with E-state index in [1.807, 2.05) is 6.26 Å². The summed E-state index contributed by atoms with van der Waals surface area (Å²) in [6.07, 6.45) is 4.31. The van der Waals surface area contributed by atoms with Gasteiger partial charge in [0.2, 0.25) is 5.91 Å². The largest absolute Gasteiger partial charge is 0.466 e. The molecule has 1 rings (SSSR count). The Balaban J connectivity index is 2.49. The second kappa shape index (κ2) is 8.43. The third-order valence-electron chi connectivity index (χ3n) is 3.30. The zero-order chi connectivity index (χ0) is 14.3. The van der Waals surface area contributed by atoms with Crippen molar-refractivity contribution < 1.29 is 14.3 Å². The van der Waals surface area contributed by atoms with E-state index in [1.165, 1.54) is 0 Å². The van der Waals surface area contributed by atoms with Gasteiger partial charge in [0.15, 0.2) is 0 Å². The molecule has 0 aromatic rings. The van der Waals surface area contributed by atoms with Gasteiger partial charge in [0.05, 0.1) is 18.6 Å². The standard InChI is InChI=1S/C13H24N2O3S/c1-3-18-13(17)10-5-4-7-15(9-10)12(16)11(14)6-8-19-2/h10-11H,3-9,14H2,1-2H3/t10?,11-/m1/s1. The molecule has 6 heteroatoms. The molecule has 2 N–H and O–H groups in total. The number of rotatable bonds is 6. The van der Waals surface area contributed by atoms with Crippen molar-refractivity contribution in [3.8, 4) is 0 Å². The van der Waals surface area contributed by atoms with E-state index in [-0.39, 0.29) is 17.8 Å². The molecule has 0 radical (unpaired) electrons. The highest BCUT2D eigenvalue weighted by molar-refractivity contribution is 7.98. The van der Waals surface area contributed by atoms with E-state index in [1.54, 1.807) is 23.6 Å². The van der Waals surface area contributed by atoms with Crippen molar-refractivity contribution in [2.45, 2.75) is 32.2 Å². The Morgan fingerprint density at radius 3 is 2.89 bits per heavy atom. The number of likely N-dealkylation sites (tertiary alicyclic amines) is 1. The number of hydrogen-bond acceptors (Lipinski definition) is 5. The molecule has 1 aliphatic heterocycles. The van der Waals surface area contributed by atoms with Gasteiger partial charge in [-0.2, -0.15) is 11.8 Å². The van der Waals surface area contributed by atoms with E-state index < -0.39 is 6.04 Å². The summed E-state index contributed by atoms with van der Waals surface area (Å²) in [4.78, 5) is 25.6. The summed E-state index contributed by atoms with van der Waals surface area (Å²) in [5, 5.41) is 0. The second-order valence-electron chi connectivity index (χ2n) is 4.76. The van der Waals surface area contributed by atoms with Crippen LogP contribution in [0.3, 0.4) is 0 Å². The van der Waals surface area contributed by atoms with E-state index in [0.717, 1.165) is 18.6 Å². The van der Waals surface area contributed by atoms with Gasteiger partial charge >= 0.3 is 5.97 Å². The number of piperidine rings is 1. The summed E-state index contributed by atoms with van der Waals surface area (Å²) in [6, 6.07) is -0.451. The predicted octanol–water partition coefficient (Wildman–Crippen LogP) is 0.869. The number of ether oxygens (including phenoxy) is 1. The van der Waals surface area contributed by atoms with Crippen LogP contribution in [0.2, 0.25) is 0 Å². The third-order valence-corrected chi connectivity index (χ3v) is 3.95. The van der Waals surface area contributed by atoms with Crippen molar-refractivity contribution in [1.82, 2.24) is 4.90 Å². The first-order valence-electron chi connectivity index (χ1n) is 6.80. The molecular formula is C13H24N2O3S. The molecule has 1 fully saturated rings. The highest BCUT2D eigenvalue weighted by Gasteiger charge is 2.31. The van der Waals surface area contributed by atoms with Gasteiger partial charge in [0, 0.05) is 13.1 Å². The molecule has 0 aromatic heterocycles. The van der Waals surface area contributed by atoms with Crippen LogP contribution in [0.4, 0.5) is 0 Å². The third kappa shape index (κ3) is 5.03. The lowest BCUT2D eigenvalue weighted by Crippen LogP contribution is -2.49. The Morgan fingerprint density at radius 1 is 1.53 bits per heavy atom. The first kappa shape index (κ1) is 16.3. The molecule has 1 aliphatic rings. The smallest absolute Gasteiger partial charge is 0.310 e.